The van der Waals surface area contributed by atoms with Gasteiger partial charge in [0.1, 0.15) is 5.69 Å². The second kappa shape index (κ2) is 8.10. The highest BCUT2D eigenvalue weighted by Gasteiger charge is 2.18. The molecule has 5 heteroatoms. The fourth-order valence-corrected chi connectivity index (χ4v) is 3.18. The zero-order chi connectivity index (χ0) is 17.6. The van der Waals surface area contributed by atoms with Crippen LogP contribution < -0.4 is 10.2 Å². The van der Waals surface area contributed by atoms with Gasteiger partial charge in [-0.1, -0.05) is 43.2 Å². The van der Waals surface area contributed by atoms with Gasteiger partial charge in [-0.05, 0) is 38.3 Å². The predicted octanol–water partition coefficient (Wildman–Crippen LogP) is 3.66. The second-order valence-electron chi connectivity index (χ2n) is 6.70. The Balaban J connectivity index is 1.76. The number of nitrogens with zero attached hydrogens (tertiary/aromatic N) is 3. The van der Waals surface area contributed by atoms with Crippen molar-refractivity contribution in [2.24, 2.45) is 0 Å². The third kappa shape index (κ3) is 4.56. The maximum absolute atomic E-state index is 12.7. The third-order valence-electron chi connectivity index (χ3n) is 4.61. The molecule has 5 nitrogen and oxygen atoms in total. The molecule has 1 amide bonds. The quantitative estimate of drug-likeness (QED) is 0.924. The van der Waals surface area contributed by atoms with Gasteiger partial charge in [0.25, 0.3) is 5.91 Å². The number of amides is 1. The van der Waals surface area contributed by atoms with Crippen molar-refractivity contribution in [2.45, 2.75) is 45.6 Å². The molecular weight excluding hydrogens is 312 g/mol. The molecule has 0 saturated carbocycles. The molecule has 1 aromatic heterocycles. The fraction of sp³-hybridized carbons (Fsp3) is 0.450. The number of nitrogens with one attached hydrogen (secondary N) is 1. The van der Waals surface area contributed by atoms with Crippen molar-refractivity contribution in [3.63, 3.8) is 0 Å². The minimum atomic E-state index is -0.155. The standard InChI is InChI=1S/C20H26N4O/c1-15-14-18(19(25)22-16(2)17-10-6-5-7-11-17)23-20(21-15)24-12-8-3-4-9-13-24/h5-7,10-11,14,16H,3-4,8-9,12-13H2,1-2H3,(H,22,25). The lowest BCUT2D eigenvalue weighted by molar-refractivity contribution is 0.0934. The number of aromatic nitrogens is 2. The molecule has 1 aromatic carbocycles. The van der Waals surface area contributed by atoms with Crippen molar-refractivity contribution >= 4 is 11.9 Å². The number of aryl methyl sites for hydroxylation is 1. The number of carbonyl (C=O) groups is 1. The van der Waals surface area contributed by atoms with E-state index < -0.39 is 0 Å². The smallest absolute Gasteiger partial charge is 0.270 e. The molecule has 1 N–H and O–H groups in total. The Morgan fingerprint density at radius 2 is 1.76 bits per heavy atom. The normalized spacial score (nSPS) is 16.2. The van der Waals surface area contributed by atoms with Crippen LogP contribution in [0.25, 0.3) is 0 Å². The summed E-state index contributed by atoms with van der Waals surface area (Å²) in [6.07, 6.45) is 4.82. The molecule has 1 aliphatic rings. The Morgan fingerprint density at radius 1 is 1.08 bits per heavy atom. The lowest BCUT2D eigenvalue weighted by Gasteiger charge is -2.21. The first-order chi connectivity index (χ1) is 12.1. The zero-order valence-electron chi connectivity index (χ0n) is 15.0. The van der Waals surface area contributed by atoms with E-state index in [9.17, 15) is 4.79 Å². The van der Waals surface area contributed by atoms with Crippen LogP contribution in [0.1, 0.15) is 60.4 Å². The van der Waals surface area contributed by atoms with Gasteiger partial charge in [0.15, 0.2) is 0 Å². The summed E-state index contributed by atoms with van der Waals surface area (Å²) in [6, 6.07) is 11.6. The van der Waals surface area contributed by atoms with Crippen LogP contribution in [-0.2, 0) is 0 Å². The lowest BCUT2D eigenvalue weighted by atomic mass is 10.1. The molecule has 1 unspecified atom stereocenters. The van der Waals surface area contributed by atoms with Crippen molar-refractivity contribution in [1.29, 1.82) is 0 Å². The molecule has 3 rings (SSSR count). The van der Waals surface area contributed by atoms with Crippen LogP contribution in [0.5, 0.6) is 0 Å². The molecule has 0 spiro atoms. The molecule has 2 heterocycles. The first-order valence-corrected chi connectivity index (χ1v) is 9.10. The Hall–Kier alpha value is -2.43. The number of rotatable bonds is 4. The molecular formula is C20H26N4O. The molecule has 1 atom stereocenters. The summed E-state index contributed by atoms with van der Waals surface area (Å²) in [6.45, 7) is 5.83. The van der Waals surface area contributed by atoms with Crippen LogP contribution in [0.4, 0.5) is 5.95 Å². The van der Waals surface area contributed by atoms with E-state index in [0.717, 1.165) is 37.2 Å². The van der Waals surface area contributed by atoms with Gasteiger partial charge in [0.05, 0.1) is 6.04 Å². The van der Waals surface area contributed by atoms with Crippen LogP contribution in [0.15, 0.2) is 36.4 Å². The van der Waals surface area contributed by atoms with E-state index in [2.05, 4.69) is 20.2 Å². The average molecular weight is 338 g/mol. The van der Waals surface area contributed by atoms with Gasteiger partial charge in [0, 0.05) is 18.8 Å². The van der Waals surface area contributed by atoms with Gasteiger partial charge in [-0.3, -0.25) is 4.79 Å². The first kappa shape index (κ1) is 17.4. The Morgan fingerprint density at radius 3 is 2.44 bits per heavy atom. The summed E-state index contributed by atoms with van der Waals surface area (Å²) in [4.78, 5) is 24.0. The molecule has 1 saturated heterocycles. The van der Waals surface area contributed by atoms with E-state index in [1.54, 1.807) is 6.07 Å². The summed E-state index contributed by atoms with van der Waals surface area (Å²) in [5.74, 6) is 0.525. The topological polar surface area (TPSA) is 58.1 Å². The molecule has 0 bridgehead atoms. The van der Waals surface area contributed by atoms with Crippen molar-refractivity contribution in [3.8, 4) is 0 Å². The second-order valence-corrected chi connectivity index (χ2v) is 6.70. The largest absolute Gasteiger partial charge is 0.344 e. The Bertz CT molecular complexity index is 709. The molecule has 0 aliphatic carbocycles. The monoisotopic (exact) mass is 338 g/mol. The highest BCUT2D eigenvalue weighted by molar-refractivity contribution is 5.92. The zero-order valence-corrected chi connectivity index (χ0v) is 15.0. The number of carbonyl (C=O) groups excluding carboxylic acids is 1. The van der Waals surface area contributed by atoms with E-state index in [0.29, 0.717) is 11.6 Å². The first-order valence-electron chi connectivity index (χ1n) is 9.10. The van der Waals surface area contributed by atoms with Gasteiger partial charge in [0.2, 0.25) is 5.95 Å². The molecule has 0 radical (unpaired) electrons. The van der Waals surface area contributed by atoms with Crippen LogP contribution in [0.3, 0.4) is 0 Å². The van der Waals surface area contributed by atoms with Crippen molar-refractivity contribution in [2.75, 3.05) is 18.0 Å². The summed E-state index contributed by atoms with van der Waals surface area (Å²) in [5, 5.41) is 3.03. The van der Waals surface area contributed by atoms with Crippen LogP contribution in [-0.4, -0.2) is 29.0 Å². The maximum atomic E-state index is 12.7. The van der Waals surface area contributed by atoms with E-state index in [-0.39, 0.29) is 11.9 Å². The molecule has 2 aromatic rings. The molecule has 1 aliphatic heterocycles. The summed E-state index contributed by atoms with van der Waals surface area (Å²) >= 11 is 0. The maximum Gasteiger partial charge on any atom is 0.270 e. The fourth-order valence-electron chi connectivity index (χ4n) is 3.18. The van der Waals surface area contributed by atoms with E-state index in [1.165, 1.54) is 12.8 Å². The SMILES string of the molecule is Cc1cc(C(=O)NC(C)c2ccccc2)nc(N2CCCCCC2)n1. The van der Waals surface area contributed by atoms with Gasteiger partial charge in [-0.25, -0.2) is 9.97 Å². The highest BCUT2D eigenvalue weighted by atomic mass is 16.1. The summed E-state index contributed by atoms with van der Waals surface area (Å²) in [7, 11) is 0. The number of benzene rings is 1. The van der Waals surface area contributed by atoms with Crippen molar-refractivity contribution in [1.82, 2.24) is 15.3 Å². The lowest BCUT2D eigenvalue weighted by Crippen LogP contribution is -2.30. The van der Waals surface area contributed by atoms with Gasteiger partial charge in [-0.2, -0.15) is 0 Å². The van der Waals surface area contributed by atoms with Crippen LogP contribution >= 0.6 is 0 Å². The van der Waals surface area contributed by atoms with E-state index in [1.807, 2.05) is 44.2 Å². The number of hydrogen-bond acceptors (Lipinski definition) is 4. The van der Waals surface area contributed by atoms with Crippen molar-refractivity contribution in [3.05, 3.63) is 53.3 Å². The Kier molecular flexibility index (Phi) is 5.64. The van der Waals surface area contributed by atoms with Crippen LogP contribution in [0, 0.1) is 6.92 Å². The average Bonchev–Trinajstić information content (AvgIpc) is 2.91. The minimum absolute atomic E-state index is 0.0643. The summed E-state index contributed by atoms with van der Waals surface area (Å²) < 4.78 is 0. The highest BCUT2D eigenvalue weighted by Crippen LogP contribution is 2.17. The number of hydrogen-bond donors (Lipinski definition) is 1. The van der Waals surface area contributed by atoms with Crippen LogP contribution in [0.2, 0.25) is 0 Å². The summed E-state index contributed by atoms with van der Waals surface area (Å²) in [5.41, 5.74) is 2.34. The molecule has 132 valence electrons. The Labute approximate surface area is 149 Å². The van der Waals surface area contributed by atoms with E-state index >= 15 is 0 Å². The number of anilines is 1. The molecule has 1 fully saturated rings. The van der Waals surface area contributed by atoms with E-state index in [4.69, 9.17) is 0 Å². The van der Waals surface area contributed by atoms with Crippen molar-refractivity contribution < 1.29 is 4.79 Å². The predicted molar refractivity (Wildman–Crippen MR) is 99.8 cm³/mol. The van der Waals surface area contributed by atoms with Gasteiger partial charge in [-0.15, -0.1) is 0 Å². The minimum Gasteiger partial charge on any atom is -0.344 e. The van der Waals surface area contributed by atoms with Gasteiger partial charge >= 0.3 is 0 Å². The molecule has 25 heavy (non-hydrogen) atoms. The third-order valence-corrected chi connectivity index (χ3v) is 4.61. The van der Waals surface area contributed by atoms with Gasteiger partial charge < -0.3 is 10.2 Å².